The van der Waals surface area contributed by atoms with Crippen molar-refractivity contribution in [2.24, 2.45) is 13.0 Å². The van der Waals surface area contributed by atoms with E-state index in [2.05, 4.69) is 17.3 Å². The molecule has 1 heterocycles. The second-order valence-corrected chi connectivity index (χ2v) is 5.25. The molecule has 0 saturated heterocycles. The molecule has 0 bridgehead atoms. The predicted octanol–water partition coefficient (Wildman–Crippen LogP) is 2.12. The molecule has 0 spiro atoms. The van der Waals surface area contributed by atoms with E-state index in [1.54, 1.807) is 25.6 Å². The first-order valence-electron chi connectivity index (χ1n) is 6.87. The van der Waals surface area contributed by atoms with Gasteiger partial charge in [0.15, 0.2) is 0 Å². The number of aryl methyl sites for hydroxylation is 2. The molecule has 108 valence electrons. The molecular formula is C15H20N2O3. The summed E-state index contributed by atoms with van der Waals surface area (Å²) in [4.78, 5) is 24.0. The maximum atomic E-state index is 12.1. The van der Waals surface area contributed by atoms with Crippen molar-refractivity contribution in [3.05, 3.63) is 29.1 Å². The van der Waals surface area contributed by atoms with Gasteiger partial charge in [0.2, 0.25) is 0 Å². The van der Waals surface area contributed by atoms with Crippen LogP contribution in [0.15, 0.2) is 12.2 Å². The lowest BCUT2D eigenvalue weighted by atomic mass is 9.95. The molecule has 20 heavy (non-hydrogen) atoms. The average Bonchev–Trinajstić information content (AvgIpc) is 2.70. The van der Waals surface area contributed by atoms with Crippen molar-refractivity contribution >= 4 is 11.8 Å². The summed E-state index contributed by atoms with van der Waals surface area (Å²) < 4.78 is 6.76. The molecule has 1 aromatic heterocycles. The van der Waals surface area contributed by atoms with Crippen LogP contribution in [-0.4, -0.2) is 28.1 Å². The number of ether oxygens (including phenoxy) is 1. The fourth-order valence-corrected chi connectivity index (χ4v) is 2.47. The molecule has 0 amide bonds. The van der Waals surface area contributed by atoms with Gasteiger partial charge in [0, 0.05) is 12.7 Å². The second kappa shape index (κ2) is 6.03. The normalized spacial score (nSPS) is 18.1. The first-order valence-corrected chi connectivity index (χ1v) is 6.87. The Morgan fingerprint density at radius 3 is 2.70 bits per heavy atom. The number of esters is 1. The van der Waals surface area contributed by atoms with Crippen LogP contribution in [0.5, 0.6) is 0 Å². The van der Waals surface area contributed by atoms with Gasteiger partial charge in [-0.2, -0.15) is 5.10 Å². The molecule has 5 nitrogen and oxygen atoms in total. The first kappa shape index (κ1) is 14.5. The topological polar surface area (TPSA) is 61.2 Å². The van der Waals surface area contributed by atoms with E-state index in [4.69, 9.17) is 4.74 Å². The van der Waals surface area contributed by atoms with Gasteiger partial charge >= 0.3 is 5.97 Å². The summed E-state index contributed by atoms with van der Waals surface area (Å²) in [5.74, 6) is -1.05. The van der Waals surface area contributed by atoms with Gasteiger partial charge in [-0.3, -0.25) is 9.48 Å². The van der Waals surface area contributed by atoms with Crippen LogP contribution in [0.25, 0.3) is 0 Å². The number of carbonyl (C=O) groups excluding carboxylic acids is 2. The fraction of sp³-hybridized carbons (Fsp3) is 0.533. The highest BCUT2D eigenvalue weighted by molar-refractivity contribution is 6.41. The Kier molecular flexibility index (Phi) is 4.37. The van der Waals surface area contributed by atoms with Gasteiger partial charge < -0.3 is 4.74 Å². The minimum absolute atomic E-state index is 0.313. The molecule has 0 fully saturated rings. The van der Waals surface area contributed by atoms with Gasteiger partial charge in [-0.05, 0) is 39.0 Å². The van der Waals surface area contributed by atoms with Crippen molar-refractivity contribution in [2.45, 2.75) is 33.1 Å². The number of nitrogens with zero attached hydrogens (tertiary/aromatic N) is 2. The Morgan fingerprint density at radius 2 is 2.15 bits per heavy atom. The third-order valence-electron chi connectivity index (χ3n) is 3.75. The molecule has 1 aromatic rings. The monoisotopic (exact) mass is 276 g/mol. The average molecular weight is 276 g/mol. The first-order chi connectivity index (χ1) is 9.50. The van der Waals surface area contributed by atoms with E-state index < -0.39 is 11.8 Å². The van der Waals surface area contributed by atoms with E-state index in [9.17, 15) is 9.59 Å². The Morgan fingerprint density at radius 1 is 1.40 bits per heavy atom. The lowest BCUT2D eigenvalue weighted by Crippen LogP contribution is -2.22. The van der Waals surface area contributed by atoms with Crippen molar-refractivity contribution < 1.29 is 14.3 Å². The fourth-order valence-electron chi connectivity index (χ4n) is 2.47. The second-order valence-electron chi connectivity index (χ2n) is 5.25. The molecule has 0 radical (unpaired) electrons. The van der Waals surface area contributed by atoms with Crippen LogP contribution in [0.1, 0.15) is 41.0 Å². The third-order valence-corrected chi connectivity index (χ3v) is 3.75. The van der Waals surface area contributed by atoms with Crippen LogP contribution in [-0.2, 0) is 16.6 Å². The maximum Gasteiger partial charge on any atom is 0.379 e. The maximum absolute atomic E-state index is 12.1. The highest BCUT2D eigenvalue weighted by Gasteiger charge is 2.26. The number of aromatic nitrogens is 2. The van der Waals surface area contributed by atoms with E-state index in [0.717, 1.165) is 19.3 Å². The van der Waals surface area contributed by atoms with Gasteiger partial charge in [-0.25, -0.2) is 4.79 Å². The molecule has 1 aliphatic carbocycles. The summed E-state index contributed by atoms with van der Waals surface area (Å²) >= 11 is 0. The quantitative estimate of drug-likeness (QED) is 0.366. The summed E-state index contributed by atoms with van der Waals surface area (Å²) in [5, 5.41) is 4.14. The molecule has 0 N–H and O–H groups in total. The smallest absolute Gasteiger partial charge is 0.379 e. The van der Waals surface area contributed by atoms with Crippen molar-refractivity contribution in [3.8, 4) is 0 Å². The number of rotatable bonds is 4. The lowest BCUT2D eigenvalue weighted by molar-refractivity contribution is -0.139. The summed E-state index contributed by atoms with van der Waals surface area (Å²) in [5.41, 5.74) is 1.61. The van der Waals surface area contributed by atoms with Crippen LogP contribution in [0.3, 0.4) is 0 Å². The molecule has 0 aromatic carbocycles. The van der Waals surface area contributed by atoms with Gasteiger partial charge in [0.05, 0.1) is 17.9 Å². The van der Waals surface area contributed by atoms with E-state index >= 15 is 0 Å². The summed E-state index contributed by atoms with van der Waals surface area (Å²) in [6.45, 7) is 3.80. The van der Waals surface area contributed by atoms with Gasteiger partial charge in [0.25, 0.3) is 5.78 Å². The third kappa shape index (κ3) is 2.98. The number of hydrogen-bond donors (Lipinski definition) is 0. The van der Waals surface area contributed by atoms with Gasteiger partial charge in [-0.1, -0.05) is 12.2 Å². The lowest BCUT2D eigenvalue weighted by Gasteiger charge is -2.17. The predicted molar refractivity (Wildman–Crippen MR) is 74.5 cm³/mol. The molecular weight excluding hydrogens is 256 g/mol. The van der Waals surface area contributed by atoms with Crippen molar-refractivity contribution in [1.29, 1.82) is 0 Å². The molecule has 1 unspecified atom stereocenters. The zero-order valence-corrected chi connectivity index (χ0v) is 12.2. The van der Waals surface area contributed by atoms with Crippen LogP contribution in [0.2, 0.25) is 0 Å². The molecule has 2 rings (SSSR count). The zero-order valence-electron chi connectivity index (χ0n) is 12.2. The molecule has 1 aliphatic rings. The largest absolute Gasteiger partial charge is 0.459 e. The standard InChI is InChI=1S/C15H20N2O3/c1-10-13(11(2)17(3)16-10)14(18)15(19)20-9-12-7-5-4-6-8-12/h4-5,12H,6-9H2,1-3H3. The number of allylic oxidation sites excluding steroid dienone is 2. The van der Waals surface area contributed by atoms with Gasteiger partial charge in [0.1, 0.15) is 0 Å². The number of Topliss-reactive ketones (excluding diaryl/α,β-unsaturated/α-hetero) is 1. The Balaban J connectivity index is 1.98. The Bertz CT molecular complexity index is 558. The summed E-state index contributed by atoms with van der Waals surface area (Å²) in [7, 11) is 1.75. The highest BCUT2D eigenvalue weighted by atomic mass is 16.5. The molecule has 5 heteroatoms. The van der Waals surface area contributed by atoms with Crippen LogP contribution >= 0.6 is 0 Å². The minimum Gasteiger partial charge on any atom is -0.459 e. The van der Waals surface area contributed by atoms with Crippen LogP contribution < -0.4 is 0 Å². The molecule has 0 aliphatic heterocycles. The minimum atomic E-state index is -0.779. The molecule has 1 atom stereocenters. The van der Waals surface area contributed by atoms with Crippen LogP contribution in [0.4, 0.5) is 0 Å². The molecule has 0 saturated carbocycles. The zero-order chi connectivity index (χ0) is 14.7. The van der Waals surface area contributed by atoms with E-state index in [1.807, 2.05) is 0 Å². The highest BCUT2D eigenvalue weighted by Crippen LogP contribution is 2.19. The van der Waals surface area contributed by atoms with Crippen molar-refractivity contribution in [2.75, 3.05) is 6.61 Å². The van der Waals surface area contributed by atoms with Gasteiger partial charge in [-0.15, -0.1) is 0 Å². The summed E-state index contributed by atoms with van der Waals surface area (Å²) in [6.07, 6.45) is 7.15. The number of hydrogen-bond acceptors (Lipinski definition) is 4. The number of ketones is 1. The van der Waals surface area contributed by atoms with Crippen molar-refractivity contribution in [3.63, 3.8) is 0 Å². The Hall–Kier alpha value is -1.91. The SMILES string of the molecule is Cc1nn(C)c(C)c1C(=O)C(=O)OCC1CC=CCC1. The summed E-state index contributed by atoms with van der Waals surface area (Å²) in [6, 6.07) is 0. The number of carbonyl (C=O) groups is 2. The van der Waals surface area contributed by atoms with E-state index in [0.29, 0.717) is 29.5 Å². The van der Waals surface area contributed by atoms with Crippen LogP contribution in [0, 0.1) is 19.8 Å². The van der Waals surface area contributed by atoms with Crippen molar-refractivity contribution in [1.82, 2.24) is 9.78 Å². The van der Waals surface area contributed by atoms with E-state index in [1.165, 1.54) is 0 Å². The Labute approximate surface area is 118 Å². The van der Waals surface area contributed by atoms with E-state index in [-0.39, 0.29) is 0 Å².